The second-order valence-electron chi connectivity index (χ2n) is 6.04. The highest BCUT2D eigenvalue weighted by atomic mass is 35.5. The summed E-state index contributed by atoms with van der Waals surface area (Å²) in [7, 11) is 4.01. The molecule has 0 unspecified atom stereocenters. The largest absolute Gasteiger partial charge is 0.378 e. The van der Waals surface area contributed by atoms with Crippen LogP contribution in [0.2, 0.25) is 10.0 Å². The van der Waals surface area contributed by atoms with Gasteiger partial charge in [-0.2, -0.15) is 4.98 Å². The van der Waals surface area contributed by atoms with Crippen LogP contribution in [0.15, 0.2) is 48.5 Å². The first kappa shape index (κ1) is 18.3. The van der Waals surface area contributed by atoms with Gasteiger partial charge in [0.05, 0.1) is 10.0 Å². The van der Waals surface area contributed by atoms with Gasteiger partial charge in [-0.25, -0.2) is 4.98 Å². The van der Waals surface area contributed by atoms with E-state index in [0.717, 1.165) is 22.8 Å². The third-order valence-electron chi connectivity index (χ3n) is 3.69. The quantitative estimate of drug-likeness (QED) is 0.592. The third-order valence-corrected chi connectivity index (χ3v) is 4.43. The molecule has 1 heterocycles. The molecule has 0 aliphatic rings. The molecule has 0 spiro atoms. The zero-order chi connectivity index (χ0) is 18.7. The fourth-order valence-corrected chi connectivity index (χ4v) is 2.68. The van der Waals surface area contributed by atoms with Crippen molar-refractivity contribution in [2.45, 2.75) is 6.92 Å². The zero-order valence-electron chi connectivity index (χ0n) is 14.7. The highest BCUT2D eigenvalue weighted by molar-refractivity contribution is 6.42. The molecule has 0 atom stereocenters. The molecule has 0 bridgehead atoms. The van der Waals surface area contributed by atoms with Crippen LogP contribution in [0.25, 0.3) is 0 Å². The second-order valence-corrected chi connectivity index (χ2v) is 6.85. The molecule has 7 heteroatoms. The Morgan fingerprint density at radius 2 is 1.50 bits per heavy atom. The minimum absolute atomic E-state index is 0.488. The van der Waals surface area contributed by atoms with Gasteiger partial charge in [-0.3, -0.25) is 0 Å². The van der Waals surface area contributed by atoms with Gasteiger partial charge in [-0.1, -0.05) is 23.2 Å². The highest BCUT2D eigenvalue weighted by Crippen LogP contribution is 2.27. The number of anilines is 5. The summed E-state index contributed by atoms with van der Waals surface area (Å²) in [6.07, 6.45) is 0. The van der Waals surface area contributed by atoms with E-state index < -0.39 is 0 Å². The topological polar surface area (TPSA) is 53.1 Å². The van der Waals surface area contributed by atoms with E-state index in [9.17, 15) is 0 Å². The van der Waals surface area contributed by atoms with Crippen molar-refractivity contribution in [1.29, 1.82) is 0 Å². The van der Waals surface area contributed by atoms with Crippen LogP contribution < -0.4 is 15.5 Å². The van der Waals surface area contributed by atoms with Crippen molar-refractivity contribution in [3.63, 3.8) is 0 Å². The van der Waals surface area contributed by atoms with Crippen molar-refractivity contribution in [2.75, 3.05) is 29.6 Å². The Morgan fingerprint density at radius 1 is 0.808 bits per heavy atom. The van der Waals surface area contributed by atoms with Crippen molar-refractivity contribution < 1.29 is 0 Å². The minimum Gasteiger partial charge on any atom is -0.378 e. The first-order valence-electron chi connectivity index (χ1n) is 8.03. The predicted octanol–water partition coefficient (Wildman–Crippen LogP) is 5.65. The molecule has 0 saturated heterocycles. The van der Waals surface area contributed by atoms with E-state index >= 15 is 0 Å². The number of hydrogen-bond acceptors (Lipinski definition) is 5. The van der Waals surface area contributed by atoms with E-state index in [1.165, 1.54) is 0 Å². The Bertz CT molecular complexity index is 910. The van der Waals surface area contributed by atoms with Gasteiger partial charge in [-0.05, 0) is 49.4 Å². The number of aromatic nitrogens is 2. The van der Waals surface area contributed by atoms with Gasteiger partial charge in [0.2, 0.25) is 5.95 Å². The van der Waals surface area contributed by atoms with E-state index in [4.69, 9.17) is 23.2 Å². The molecule has 0 fully saturated rings. The fourth-order valence-electron chi connectivity index (χ4n) is 2.38. The Hall–Kier alpha value is -2.50. The minimum atomic E-state index is 0.488. The first-order chi connectivity index (χ1) is 12.4. The maximum atomic E-state index is 6.06. The van der Waals surface area contributed by atoms with Gasteiger partial charge in [-0.15, -0.1) is 0 Å². The number of benzene rings is 2. The summed E-state index contributed by atoms with van der Waals surface area (Å²) < 4.78 is 0. The lowest BCUT2D eigenvalue weighted by atomic mass is 10.2. The van der Waals surface area contributed by atoms with Crippen molar-refractivity contribution in [2.24, 2.45) is 0 Å². The highest BCUT2D eigenvalue weighted by Gasteiger charge is 2.06. The summed E-state index contributed by atoms with van der Waals surface area (Å²) in [5.74, 6) is 1.19. The molecule has 3 aromatic rings. The number of nitrogens with one attached hydrogen (secondary N) is 2. The first-order valence-corrected chi connectivity index (χ1v) is 8.78. The van der Waals surface area contributed by atoms with Crippen LogP contribution in [0, 0.1) is 6.92 Å². The van der Waals surface area contributed by atoms with Crippen molar-refractivity contribution in [3.05, 3.63) is 64.3 Å². The zero-order valence-corrected chi connectivity index (χ0v) is 16.2. The Kier molecular flexibility index (Phi) is 5.49. The fraction of sp³-hybridized carbons (Fsp3) is 0.158. The van der Waals surface area contributed by atoms with E-state index in [-0.39, 0.29) is 0 Å². The summed E-state index contributed by atoms with van der Waals surface area (Å²) in [5.41, 5.74) is 3.69. The van der Waals surface area contributed by atoms with Gasteiger partial charge < -0.3 is 15.5 Å². The normalized spacial score (nSPS) is 10.5. The smallest absolute Gasteiger partial charge is 0.229 e. The van der Waals surface area contributed by atoms with Crippen LogP contribution in [0.1, 0.15) is 5.69 Å². The van der Waals surface area contributed by atoms with Gasteiger partial charge in [0.15, 0.2) is 0 Å². The molecule has 1 aromatic heterocycles. The van der Waals surface area contributed by atoms with Crippen LogP contribution >= 0.6 is 23.2 Å². The summed E-state index contributed by atoms with van der Waals surface area (Å²) in [6.45, 7) is 1.92. The summed E-state index contributed by atoms with van der Waals surface area (Å²) >= 11 is 12.0. The maximum Gasteiger partial charge on any atom is 0.229 e. The number of halogens is 2. The molecule has 0 amide bonds. The van der Waals surface area contributed by atoms with Crippen LogP contribution in [-0.2, 0) is 0 Å². The molecular weight excluding hydrogens is 369 g/mol. The molecule has 0 aliphatic heterocycles. The van der Waals surface area contributed by atoms with Crippen LogP contribution in [0.3, 0.4) is 0 Å². The standard InChI is InChI=1S/C19H19Cl2N5/c1-12-10-18(23-14-6-9-16(20)17(21)11-14)25-19(22-12)24-13-4-7-15(8-5-13)26(2)3/h4-11H,1-3H3,(H2,22,23,24,25). The summed E-state index contributed by atoms with van der Waals surface area (Å²) in [5, 5.41) is 7.45. The van der Waals surface area contributed by atoms with Crippen molar-refractivity contribution >= 4 is 52.0 Å². The molecule has 26 heavy (non-hydrogen) atoms. The lowest BCUT2D eigenvalue weighted by Gasteiger charge is -2.13. The van der Waals surface area contributed by atoms with Crippen molar-refractivity contribution in [3.8, 4) is 0 Å². The molecule has 3 rings (SSSR count). The van der Waals surface area contributed by atoms with E-state index in [2.05, 4.69) is 20.6 Å². The molecule has 0 aliphatic carbocycles. The van der Waals surface area contributed by atoms with Gasteiger partial charge in [0, 0.05) is 42.9 Å². The Balaban J connectivity index is 1.79. The van der Waals surface area contributed by atoms with Crippen LogP contribution in [-0.4, -0.2) is 24.1 Å². The van der Waals surface area contributed by atoms with E-state index in [0.29, 0.717) is 21.8 Å². The van der Waals surface area contributed by atoms with Crippen LogP contribution in [0.4, 0.5) is 28.8 Å². The number of hydrogen-bond donors (Lipinski definition) is 2. The lowest BCUT2D eigenvalue weighted by Crippen LogP contribution is -2.08. The monoisotopic (exact) mass is 387 g/mol. The van der Waals surface area contributed by atoms with E-state index in [1.807, 2.05) is 62.3 Å². The second kappa shape index (κ2) is 7.81. The molecule has 5 nitrogen and oxygen atoms in total. The average molecular weight is 388 g/mol. The molecule has 2 aromatic carbocycles. The number of aryl methyl sites for hydroxylation is 1. The molecule has 0 saturated carbocycles. The van der Waals surface area contributed by atoms with E-state index in [1.54, 1.807) is 12.1 Å². The lowest BCUT2D eigenvalue weighted by molar-refractivity contribution is 1.11. The molecule has 0 radical (unpaired) electrons. The van der Waals surface area contributed by atoms with Crippen molar-refractivity contribution in [1.82, 2.24) is 9.97 Å². The van der Waals surface area contributed by atoms with Crippen LogP contribution in [0.5, 0.6) is 0 Å². The maximum absolute atomic E-state index is 6.06. The molecule has 2 N–H and O–H groups in total. The average Bonchev–Trinajstić information content (AvgIpc) is 2.58. The summed E-state index contributed by atoms with van der Waals surface area (Å²) in [6, 6.07) is 15.3. The number of rotatable bonds is 5. The number of nitrogens with zero attached hydrogens (tertiary/aromatic N) is 3. The van der Waals surface area contributed by atoms with Gasteiger partial charge in [0.25, 0.3) is 0 Å². The SMILES string of the molecule is Cc1cc(Nc2ccc(Cl)c(Cl)c2)nc(Nc2ccc(N(C)C)cc2)n1. The molecular formula is C19H19Cl2N5. The van der Waals surface area contributed by atoms with Gasteiger partial charge in [0.1, 0.15) is 5.82 Å². The predicted molar refractivity (Wildman–Crippen MR) is 111 cm³/mol. The Labute approximate surface area is 163 Å². The molecule has 134 valence electrons. The Morgan fingerprint density at radius 3 is 2.15 bits per heavy atom. The van der Waals surface area contributed by atoms with Gasteiger partial charge >= 0.3 is 0 Å². The third kappa shape index (κ3) is 4.56. The summed E-state index contributed by atoms with van der Waals surface area (Å²) in [4.78, 5) is 11.0.